The van der Waals surface area contributed by atoms with Crippen molar-refractivity contribution >= 4 is 16.9 Å². The minimum Gasteiger partial charge on any atom is -0.383 e. The molecule has 0 bridgehead atoms. The summed E-state index contributed by atoms with van der Waals surface area (Å²) in [6.07, 6.45) is 2.94. The number of anilines is 1. The van der Waals surface area contributed by atoms with Crippen molar-refractivity contribution in [3.63, 3.8) is 0 Å². The zero-order chi connectivity index (χ0) is 14.8. The van der Waals surface area contributed by atoms with E-state index in [0.717, 1.165) is 49.6 Å². The highest BCUT2D eigenvalue weighted by Crippen LogP contribution is 2.17. The molecule has 0 aromatic carbocycles. The molecule has 0 amide bonds. The smallest absolute Gasteiger partial charge is 0.163 e. The predicted octanol–water partition coefficient (Wildman–Crippen LogP) is 0.473. The molecule has 1 fully saturated rings. The molecule has 114 valence electrons. The monoisotopic (exact) mass is 289 g/mol. The molecule has 7 heteroatoms. The van der Waals surface area contributed by atoms with E-state index in [4.69, 9.17) is 5.73 Å². The largest absolute Gasteiger partial charge is 0.383 e. The van der Waals surface area contributed by atoms with Gasteiger partial charge in [0.1, 0.15) is 11.6 Å². The van der Waals surface area contributed by atoms with Gasteiger partial charge in [0.25, 0.3) is 0 Å². The number of nitrogens with zero attached hydrogens (tertiary/aromatic N) is 6. The molecule has 0 atom stereocenters. The Morgan fingerprint density at radius 3 is 2.57 bits per heavy atom. The van der Waals surface area contributed by atoms with Crippen molar-refractivity contribution in [2.45, 2.75) is 19.9 Å². The number of nitrogen functional groups attached to an aromatic ring is 1. The summed E-state index contributed by atoms with van der Waals surface area (Å²) in [5.74, 6) is 1.31. The Morgan fingerprint density at radius 2 is 1.86 bits per heavy atom. The second-order valence-electron chi connectivity index (χ2n) is 5.65. The van der Waals surface area contributed by atoms with Crippen LogP contribution in [0.25, 0.3) is 11.0 Å². The van der Waals surface area contributed by atoms with Crippen LogP contribution in [0.15, 0.2) is 6.20 Å². The molecule has 3 rings (SSSR count). The van der Waals surface area contributed by atoms with E-state index in [1.807, 2.05) is 7.05 Å². The summed E-state index contributed by atoms with van der Waals surface area (Å²) >= 11 is 0. The van der Waals surface area contributed by atoms with Crippen molar-refractivity contribution in [2.75, 3.05) is 38.5 Å². The molecular weight excluding hydrogens is 266 g/mol. The maximum Gasteiger partial charge on any atom is 0.163 e. The number of aryl methyl sites for hydroxylation is 1. The number of rotatable bonds is 4. The first-order valence-electron chi connectivity index (χ1n) is 7.56. The van der Waals surface area contributed by atoms with Gasteiger partial charge in [-0.2, -0.15) is 5.10 Å². The van der Waals surface area contributed by atoms with Crippen LogP contribution in [0.4, 0.5) is 5.82 Å². The highest BCUT2D eigenvalue weighted by Gasteiger charge is 2.18. The fraction of sp³-hybridized carbons (Fsp3) is 0.643. The lowest BCUT2D eigenvalue weighted by molar-refractivity contribution is 0.125. The van der Waals surface area contributed by atoms with E-state index in [0.29, 0.717) is 5.82 Å². The Labute approximate surface area is 124 Å². The summed E-state index contributed by atoms with van der Waals surface area (Å²) in [6.45, 7) is 8.55. The normalized spacial score (nSPS) is 17.6. The maximum atomic E-state index is 6.01. The van der Waals surface area contributed by atoms with Gasteiger partial charge in [-0.1, -0.05) is 6.92 Å². The van der Waals surface area contributed by atoms with Crippen LogP contribution in [0.1, 0.15) is 19.2 Å². The Hall–Kier alpha value is -1.73. The lowest BCUT2D eigenvalue weighted by Crippen LogP contribution is -2.46. The summed E-state index contributed by atoms with van der Waals surface area (Å²) in [6, 6.07) is 0. The van der Waals surface area contributed by atoms with Crippen molar-refractivity contribution in [1.82, 2.24) is 29.5 Å². The minimum absolute atomic E-state index is 0.521. The molecule has 0 aliphatic carbocycles. The minimum atomic E-state index is 0.521. The van der Waals surface area contributed by atoms with Crippen LogP contribution in [-0.4, -0.2) is 62.3 Å². The summed E-state index contributed by atoms with van der Waals surface area (Å²) in [4.78, 5) is 13.9. The topological polar surface area (TPSA) is 76.1 Å². The van der Waals surface area contributed by atoms with E-state index >= 15 is 0 Å². The average Bonchev–Trinajstić information content (AvgIpc) is 2.84. The van der Waals surface area contributed by atoms with Gasteiger partial charge in [-0.05, 0) is 13.0 Å². The molecule has 3 heterocycles. The van der Waals surface area contributed by atoms with Crippen LogP contribution in [0.3, 0.4) is 0 Å². The van der Waals surface area contributed by atoms with E-state index in [1.165, 1.54) is 13.0 Å². The van der Waals surface area contributed by atoms with E-state index in [2.05, 4.69) is 31.8 Å². The van der Waals surface area contributed by atoms with Gasteiger partial charge in [-0.25, -0.2) is 9.97 Å². The zero-order valence-corrected chi connectivity index (χ0v) is 12.8. The fourth-order valence-electron chi connectivity index (χ4n) is 2.85. The Kier molecular flexibility index (Phi) is 4.03. The van der Waals surface area contributed by atoms with Gasteiger partial charge in [-0.15, -0.1) is 0 Å². The lowest BCUT2D eigenvalue weighted by atomic mass is 10.3. The van der Waals surface area contributed by atoms with E-state index in [9.17, 15) is 0 Å². The molecule has 0 saturated carbocycles. The first-order chi connectivity index (χ1) is 10.2. The van der Waals surface area contributed by atoms with Gasteiger partial charge in [0.15, 0.2) is 5.65 Å². The predicted molar refractivity (Wildman–Crippen MR) is 82.7 cm³/mol. The summed E-state index contributed by atoms with van der Waals surface area (Å²) in [5.41, 5.74) is 6.81. The van der Waals surface area contributed by atoms with Gasteiger partial charge in [0.05, 0.1) is 18.1 Å². The highest BCUT2D eigenvalue weighted by atomic mass is 15.3. The molecule has 2 aromatic heterocycles. The Bertz CT molecular complexity index is 613. The van der Waals surface area contributed by atoms with Crippen molar-refractivity contribution in [3.05, 3.63) is 12.0 Å². The number of hydrogen-bond acceptors (Lipinski definition) is 6. The molecule has 2 N–H and O–H groups in total. The third kappa shape index (κ3) is 2.98. The zero-order valence-electron chi connectivity index (χ0n) is 12.8. The maximum absolute atomic E-state index is 6.01. The standard InChI is InChI=1S/C14H23N7/c1-3-4-20-5-7-21(8-6-20)10-12-17-13(15)11-9-16-19(2)14(11)18-12/h9H,3-8,10H2,1-2H3,(H2,15,17,18). The van der Waals surface area contributed by atoms with E-state index in [-0.39, 0.29) is 0 Å². The van der Waals surface area contributed by atoms with Crippen LogP contribution in [0, 0.1) is 0 Å². The van der Waals surface area contributed by atoms with E-state index < -0.39 is 0 Å². The van der Waals surface area contributed by atoms with Crippen molar-refractivity contribution in [3.8, 4) is 0 Å². The second-order valence-corrected chi connectivity index (χ2v) is 5.65. The molecule has 1 saturated heterocycles. The first kappa shape index (κ1) is 14.2. The molecule has 1 aliphatic rings. The second kappa shape index (κ2) is 5.95. The molecule has 2 aromatic rings. The first-order valence-corrected chi connectivity index (χ1v) is 7.56. The fourth-order valence-corrected chi connectivity index (χ4v) is 2.85. The Morgan fingerprint density at radius 1 is 1.14 bits per heavy atom. The molecule has 0 spiro atoms. The van der Waals surface area contributed by atoms with Crippen LogP contribution in [0.2, 0.25) is 0 Å². The lowest BCUT2D eigenvalue weighted by Gasteiger charge is -2.34. The van der Waals surface area contributed by atoms with Crippen LogP contribution in [-0.2, 0) is 13.6 Å². The number of hydrogen-bond donors (Lipinski definition) is 1. The quantitative estimate of drug-likeness (QED) is 0.882. The number of nitrogens with two attached hydrogens (primary N) is 1. The third-order valence-corrected chi connectivity index (χ3v) is 4.04. The van der Waals surface area contributed by atoms with Gasteiger partial charge in [-0.3, -0.25) is 9.58 Å². The van der Waals surface area contributed by atoms with Gasteiger partial charge < -0.3 is 10.6 Å². The van der Waals surface area contributed by atoms with E-state index in [1.54, 1.807) is 10.9 Å². The molecule has 0 unspecified atom stereocenters. The van der Waals surface area contributed by atoms with Crippen molar-refractivity contribution in [1.29, 1.82) is 0 Å². The van der Waals surface area contributed by atoms with Gasteiger partial charge >= 0.3 is 0 Å². The van der Waals surface area contributed by atoms with Gasteiger partial charge in [0.2, 0.25) is 0 Å². The number of aromatic nitrogens is 4. The van der Waals surface area contributed by atoms with Crippen molar-refractivity contribution in [2.24, 2.45) is 7.05 Å². The molecule has 7 nitrogen and oxygen atoms in total. The summed E-state index contributed by atoms with van der Waals surface area (Å²) in [5, 5.41) is 5.02. The highest BCUT2D eigenvalue weighted by molar-refractivity contribution is 5.84. The van der Waals surface area contributed by atoms with Crippen LogP contribution in [0.5, 0.6) is 0 Å². The summed E-state index contributed by atoms with van der Waals surface area (Å²) < 4.78 is 1.75. The number of fused-ring (bicyclic) bond motifs is 1. The van der Waals surface area contributed by atoms with Crippen LogP contribution < -0.4 is 5.73 Å². The van der Waals surface area contributed by atoms with Crippen molar-refractivity contribution < 1.29 is 0 Å². The molecule has 21 heavy (non-hydrogen) atoms. The third-order valence-electron chi connectivity index (χ3n) is 4.04. The summed E-state index contributed by atoms with van der Waals surface area (Å²) in [7, 11) is 1.88. The average molecular weight is 289 g/mol. The SMILES string of the molecule is CCCN1CCN(Cc2nc(N)c3cnn(C)c3n2)CC1. The van der Waals surface area contributed by atoms with Gasteiger partial charge in [0, 0.05) is 33.2 Å². The Balaban J connectivity index is 1.69. The molecular formula is C14H23N7. The molecule has 1 aliphatic heterocycles. The molecule has 0 radical (unpaired) electrons. The number of piperazine rings is 1. The van der Waals surface area contributed by atoms with Crippen LogP contribution >= 0.6 is 0 Å².